The molecule has 0 bridgehead atoms. The van der Waals surface area contributed by atoms with E-state index in [1.165, 1.54) is 0 Å². The average Bonchev–Trinajstić information content (AvgIpc) is 2.02. The normalized spacial score (nSPS) is 18.1. The number of rotatable bonds is 4. The predicted octanol–water partition coefficient (Wildman–Crippen LogP) is 3.14. The van der Waals surface area contributed by atoms with Crippen LogP contribution in [0.5, 0.6) is 0 Å². The maximum atomic E-state index is 12.4. The molecule has 0 rings (SSSR count). The second kappa shape index (κ2) is 3.59. The fraction of sp³-hybridized carbons (Fsp3) is 0.714. The summed E-state index contributed by atoms with van der Waals surface area (Å²) in [6.45, 7) is 2.86. The lowest BCUT2D eigenvalue weighted by atomic mass is 10.0. The summed E-state index contributed by atoms with van der Waals surface area (Å²) >= 11 is 0. The number of halogens is 6. The first-order valence-electron chi connectivity index (χ1n) is 3.34. The van der Waals surface area contributed by atoms with Crippen LogP contribution in [0.2, 0.25) is 0 Å². The molecule has 78 valence electrons. The van der Waals surface area contributed by atoms with E-state index in [0.717, 1.165) is 0 Å². The number of allylic oxidation sites excluding steroid dienone is 1. The summed E-state index contributed by atoms with van der Waals surface area (Å²) in [6, 6.07) is 0. The zero-order valence-corrected chi connectivity index (χ0v) is 6.71. The Hall–Kier alpha value is -0.680. The van der Waals surface area contributed by atoms with Crippen LogP contribution >= 0.6 is 0 Å². The lowest BCUT2D eigenvalue weighted by Gasteiger charge is -2.27. The minimum absolute atomic E-state index is 0.401. The van der Waals surface area contributed by atoms with Crippen LogP contribution in [0.3, 0.4) is 0 Å². The molecule has 0 aromatic carbocycles. The van der Waals surface area contributed by atoms with Gasteiger partial charge in [0.15, 0.2) is 0 Å². The molecule has 0 nitrogen and oxygen atoms in total. The molecule has 0 amide bonds. The van der Waals surface area contributed by atoms with Crippen molar-refractivity contribution >= 4 is 0 Å². The molecule has 0 saturated heterocycles. The zero-order chi connectivity index (χ0) is 10.9. The van der Waals surface area contributed by atoms with E-state index < -0.39 is 30.3 Å². The predicted molar refractivity (Wildman–Crippen MR) is 35.6 cm³/mol. The van der Waals surface area contributed by atoms with E-state index in [1.807, 2.05) is 0 Å². The van der Waals surface area contributed by atoms with E-state index in [9.17, 15) is 26.3 Å². The Labute approximate surface area is 71.2 Å². The third-order valence-corrected chi connectivity index (χ3v) is 1.45. The fourth-order valence-corrected chi connectivity index (χ4v) is 0.608. The number of hydrogen-bond donors (Lipinski definition) is 0. The molecule has 2 atom stereocenters. The Bertz CT molecular complexity index is 185. The Morgan fingerprint density at radius 2 is 1.54 bits per heavy atom. The SMILES string of the molecule is C=CC(F)(F)C(F)(F)C(F)C(C)F. The van der Waals surface area contributed by atoms with E-state index >= 15 is 0 Å². The summed E-state index contributed by atoms with van der Waals surface area (Å²) in [5.41, 5.74) is 0. The Balaban J connectivity index is 4.84. The van der Waals surface area contributed by atoms with E-state index in [1.54, 1.807) is 0 Å². The van der Waals surface area contributed by atoms with E-state index in [2.05, 4.69) is 6.58 Å². The fourth-order valence-electron chi connectivity index (χ4n) is 0.608. The van der Waals surface area contributed by atoms with Crippen molar-refractivity contribution in [3.63, 3.8) is 0 Å². The van der Waals surface area contributed by atoms with Crippen molar-refractivity contribution in [3.8, 4) is 0 Å². The molecule has 0 aliphatic rings. The van der Waals surface area contributed by atoms with Gasteiger partial charge in [0.25, 0.3) is 0 Å². The Kier molecular flexibility index (Phi) is 3.40. The number of alkyl halides is 6. The molecular weight excluding hydrogens is 198 g/mol. The third kappa shape index (κ3) is 2.16. The molecule has 13 heavy (non-hydrogen) atoms. The van der Waals surface area contributed by atoms with Gasteiger partial charge in [0, 0.05) is 0 Å². The minimum atomic E-state index is -5.07. The highest BCUT2D eigenvalue weighted by molar-refractivity contribution is 5.03. The highest BCUT2D eigenvalue weighted by Crippen LogP contribution is 2.40. The minimum Gasteiger partial charge on any atom is -0.244 e. The largest absolute Gasteiger partial charge is 0.347 e. The molecule has 0 N–H and O–H groups in total. The van der Waals surface area contributed by atoms with Gasteiger partial charge in [-0.25, -0.2) is 8.78 Å². The van der Waals surface area contributed by atoms with Crippen LogP contribution in [0.15, 0.2) is 12.7 Å². The van der Waals surface area contributed by atoms with Crippen LogP contribution < -0.4 is 0 Å². The topological polar surface area (TPSA) is 0 Å². The standard InChI is InChI=1S/C7H8F6/c1-3-6(10,11)7(12,13)5(9)4(2)8/h3-5H,1H2,2H3. The number of hydrogen-bond acceptors (Lipinski definition) is 0. The maximum Gasteiger partial charge on any atom is 0.347 e. The lowest BCUT2D eigenvalue weighted by molar-refractivity contribution is -0.223. The first kappa shape index (κ1) is 12.3. The van der Waals surface area contributed by atoms with Crippen molar-refractivity contribution in [1.29, 1.82) is 0 Å². The molecule has 0 saturated carbocycles. The van der Waals surface area contributed by atoms with E-state index in [4.69, 9.17) is 0 Å². The monoisotopic (exact) mass is 206 g/mol. The first-order chi connectivity index (χ1) is 5.66. The summed E-state index contributed by atoms with van der Waals surface area (Å²) in [5.74, 6) is -9.81. The summed E-state index contributed by atoms with van der Waals surface area (Å²) in [5, 5.41) is 0. The molecule has 0 aliphatic heterocycles. The zero-order valence-electron chi connectivity index (χ0n) is 6.71. The maximum absolute atomic E-state index is 12.4. The highest BCUT2D eigenvalue weighted by Gasteiger charge is 2.61. The molecule has 0 spiro atoms. The van der Waals surface area contributed by atoms with Gasteiger partial charge in [0.05, 0.1) is 0 Å². The van der Waals surface area contributed by atoms with Crippen molar-refractivity contribution in [1.82, 2.24) is 0 Å². The Morgan fingerprint density at radius 3 is 1.77 bits per heavy atom. The Morgan fingerprint density at radius 1 is 1.15 bits per heavy atom. The van der Waals surface area contributed by atoms with Crippen molar-refractivity contribution in [2.24, 2.45) is 0 Å². The van der Waals surface area contributed by atoms with Gasteiger partial charge in [-0.15, -0.1) is 0 Å². The first-order valence-corrected chi connectivity index (χ1v) is 3.34. The highest BCUT2D eigenvalue weighted by atomic mass is 19.3. The lowest BCUT2D eigenvalue weighted by Crippen LogP contribution is -2.49. The second-order valence-corrected chi connectivity index (χ2v) is 2.53. The third-order valence-electron chi connectivity index (χ3n) is 1.45. The van der Waals surface area contributed by atoms with Gasteiger partial charge in [-0.2, -0.15) is 17.6 Å². The van der Waals surface area contributed by atoms with Gasteiger partial charge in [0.2, 0.25) is 6.17 Å². The van der Waals surface area contributed by atoms with Gasteiger partial charge >= 0.3 is 11.8 Å². The smallest absolute Gasteiger partial charge is 0.244 e. The molecule has 2 unspecified atom stereocenters. The van der Waals surface area contributed by atoms with Gasteiger partial charge < -0.3 is 0 Å². The molecule has 6 heteroatoms. The molecule has 0 radical (unpaired) electrons. The van der Waals surface area contributed by atoms with Crippen LogP contribution in [0.1, 0.15) is 6.92 Å². The van der Waals surface area contributed by atoms with E-state index in [0.29, 0.717) is 6.92 Å². The van der Waals surface area contributed by atoms with Crippen LogP contribution in [-0.4, -0.2) is 24.2 Å². The van der Waals surface area contributed by atoms with Crippen molar-refractivity contribution in [3.05, 3.63) is 12.7 Å². The van der Waals surface area contributed by atoms with Crippen LogP contribution in [-0.2, 0) is 0 Å². The van der Waals surface area contributed by atoms with Crippen LogP contribution in [0.25, 0.3) is 0 Å². The quantitative estimate of drug-likeness (QED) is 0.489. The van der Waals surface area contributed by atoms with Crippen molar-refractivity contribution in [2.75, 3.05) is 0 Å². The summed E-state index contributed by atoms with van der Waals surface area (Å²) in [4.78, 5) is 0. The van der Waals surface area contributed by atoms with Gasteiger partial charge in [0.1, 0.15) is 6.17 Å². The second-order valence-electron chi connectivity index (χ2n) is 2.53. The van der Waals surface area contributed by atoms with Crippen LogP contribution in [0, 0.1) is 0 Å². The average molecular weight is 206 g/mol. The molecule has 0 aromatic rings. The summed E-state index contributed by atoms with van der Waals surface area (Å²) < 4.78 is 73.7. The molecule has 0 heterocycles. The van der Waals surface area contributed by atoms with Gasteiger partial charge in [-0.05, 0) is 13.0 Å². The summed E-state index contributed by atoms with van der Waals surface area (Å²) in [6.07, 6.45) is -6.61. The molecule has 0 fully saturated rings. The molecule has 0 aromatic heterocycles. The van der Waals surface area contributed by atoms with Crippen molar-refractivity contribution in [2.45, 2.75) is 31.1 Å². The molecular formula is C7H8F6. The van der Waals surface area contributed by atoms with E-state index in [-0.39, 0.29) is 0 Å². The van der Waals surface area contributed by atoms with Crippen LogP contribution in [0.4, 0.5) is 26.3 Å². The van der Waals surface area contributed by atoms with Crippen molar-refractivity contribution < 1.29 is 26.3 Å². The van der Waals surface area contributed by atoms with Gasteiger partial charge in [-0.3, -0.25) is 0 Å². The van der Waals surface area contributed by atoms with Gasteiger partial charge in [-0.1, -0.05) is 6.58 Å². The summed E-state index contributed by atoms with van der Waals surface area (Å²) in [7, 11) is 0. The molecule has 0 aliphatic carbocycles.